The van der Waals surface area contributed by atoms with E-state index in [0.717, 1.165) is 13.1 Å². The van der Waals surface area contributed by atoms with Gasteiger partial charge in [0.2, 0.25) is 11.8 Å². The molecule has 2 amide bonds. The zero-order valence-corrected chi connectivity index (χ0v) is 14.3. The van der Waals surface area contributed by atoms with E-state index in [1.165, 1.54) is 10.5 Å². The minimum Gasteiger partial charge on any atom is -0.378 e. The average molecular weight is 338 g/mol. The van der Waals surface area contributed by atoms with Crippen LogP contribution in [0.1, 0.15) is 5.56 Å². The lowest BCUT2D eigenvalue weighted by molar-refractivity contribution is -0.143. The van der Waals surface area contributed by atoms with Crippen LogP contribution < -0.4 is 0 Å². The highest BCUT2D eigenvalue weighted by Crippen LogP contribution is 2.47. The molecule has 1 aromatic rings. The number of carbonyl (C=O) groups is 2. The average Bonchev–Trinajstić information content (AvgIpc) is 2.85. The molecule has 1 aromatic carbocycles. The van der Waals surface area contributed by atoms with Crippen LogP contribution in [0.3, 0.4) is 0 Å². The number of hydrogen-bond donors (Lipinski definition) is 0. The van der Waals surface area contributed by atoms with Gasteiger partial charge in [0.05, 0.1) is 25.2 Å². The first-order valence-electron chi connectivity index (χ1n) is 8.68. The highest BCUT2D eigenvalue weighted by atomic mass is 16.5. The van der Waals surface area contributed by atoms with Gasteiger partial charge in [0.1, 0.15) is 5.41 Å². The van der Waals surface area contributed by atoms with Gasteiger partial charge in [-0.3, -0.25) is 19.4 Å². The van der Waals surface area contributed by atoms with Gasteiger partial charge >= 0.3 is 0 Å². The van der Waals surface area contributed by atoms with Crippen LogP contribution in [0.5, 0.6) is 0 Å². The van der Waals surface area contributed by atoms with Crippen molar-refractivity contribution in [3.8, 4) is 0 Å². The summed E-state index contributed by atoms with van der Waals surface area (Å²) in [5, 5.41) is 0. The number of ether oxygens (including phenoxy) is 1. The second-order valence-corrected chi connectivity index (χ2v) is 6.90. The van der Waals surface area contributed by atoms with Crippen LogP contribution in [-0.2, 0) is 20.9 Å². The van der Waals surface area contributed by atoms with Crippen molar-refractivity contribution < 1.29 is 14.3 Å². The van der Waals surface area contributed by atoms with Gasteiger partial charge in [-0.15, -0.1) is 0 Å². The third-order valence-corrected chi connectivity index (χ3v) is 5.59. The maximum absolute atomic E-state index is 13.1. The number of likely N-dealkylation sites (tertiary alicyclic amines) is 1. The van der Waals surface area contributed by atoms with Gasteiger partial charge in [-0.1, -0.05) is 54.6 Å². The molecule has 0 radical (unpaired) electrons. The Bertz CT molecular complexity index is 743. The maximum atomic E-state index is 13.1. The summed E-state index contributed by atoms with van der Waals surface area (Å²) in [5.41, 5.74) is 0.332. The predicted molar refractivity (Wildman–Crippen MR) is 93.4 cm³/mol. The molecule has 3 aliphatic rings. The van der Waals surface area contributed by atoms with E-state index in [1.54, 1.807) is 7.05 Å². The van der Waals surface area contributed by atoms with Crippen LogP contribution in [0.2, 0.25) is 0 Å². The Morgan fingerprint density at radius 1 is 1.20 bits per heavy atom. The molecule has 2 fully saturated rings. The monoisotopic (exact) mass is 338 g/mol. The quantitative estimate of drug-likeness (QED) is 0.786. The van der Waals surface area contributed by atoms with E-state index < -0.39 is 11.3 Å². The Morgan fingerprint density at radius 3 is 2.80 bits per heavy atom. The number of carbonyl (C=O) groups excluding carboxylic acids is 2. The summed E-state index contributed by atoms with van der Waals surface area (Å²) in [6, 6.07) is 10.1. The fourth-order valence-electron chi connectivity index (χ4n) is 4.29. The Balaban J connectivity index is 1.71. The summed E-state index contributed by atoms with van der Waals surface area (Å²) in [5.74, 6) is -0.701. The Morgan fingerprint density at radius 2 is 2.00 bits per heavy atom. The lowest BCUT2D eigenvalue weighted by atomic mass is 9.68. The van der Waals surface area contributed by atoms with E-state index in [4.69, 9.17) is 4.74 Å². The lowest BCUT2D eigenvalue weighted by Gasteiger charge is -2.45. The molecule has 1 aliphatic carbocycles. The van der Waals surface area contributed by atoms with Gasteiger partial charge in [0.25, 0.3) is 0 Å². The number of nitrogens with zero attached hydrogens (tertiary/aromatic N) is 2. The van der Waals surface area contributed by atoms with E-state index in [1.807, 2.05) is 42.5 Å². The van der Waals surface area contributed by atoms with Gasteiger partial charge in [0, 0.05) is 20.1 Å². The lowest BCUT2D eigenvalue weighted by Crippen LogP contribution is -2.58. The molecule has 0 bridgehead atoms. The number of rotatable bonds is 3. The molecule has 2 saturated heterocycles. The number of benzene rings is 1. The Hall–Kier alpha value is -2.24. The SMILES string of the molecule is CN1C(=O)C2C=CC=CC2(C2COCCN2Cc2ccccc2)C1=O. The summed E-state index contributed by atoms with van der Waals surface area (Å²) in [6.45, 7) is 2.58. The summed E-state index contributed by atoms with van der Waals surface area (Å²) in [7, 11) is 1.58. The summed E-state index contributed by atoms with van der Waals surface area (Å²) < 4.78 is 5.74. The van der Waals surface area contributed by atoms with Crippen LogP contribution in [0.15, 0.2) is 54.6 Å². The molecule has 0 aromatic heterocycles. The Labute approximate surface area is 147 Å². The van der Waals surface area contributed by atoms with E-state index in [0.29, 0.717) is 13.2 Å². The molecule has 3 unspecified atom stereocenters. The molecular weight excluding hydrogens is 316 g/mol. The first-order valence-corrected chi connectivity index (χ1v) is 8.68. The standard InChI is InChI=1S/C20H22N2O3/c1-21-18(23)16-9-5-6-10-20(16,19(21)24)17-14-25-12-11-22(17)13-15-7-3-2-4-8-15/h2-10,16-17H,11-14H2,1H3. The molecule has 3 atom stereocenters. The normalized spacial score (nSPS) is 32.3. The van der Waals surface area contributed by atoms with Crippen molar-refractivity contribution >= 4 is 11.8 Å². The summed E-state index contributed by atoms with van der Waals surface area (Å²) in [6.07, 6.45) is 7.52. The molecule has 5 heteroatoms. The molecule has 0 spiro atoms. The van der Waals surface area contributed by atoms with Gasteiger partial charge in [-0.05, 0) is 5.56 Å². The molecule has 130 valence electrons. The topological polar surface area (TPSA) is 49.9 Å². The minimum atomic E-state index is -0.865. The van der Waals surface area contributed by atoms with Gasteiger partial charge in [0.15, 0.2) is 0 Å². The number of fused-ring (bicyclic) bond motifs is 1. The number of amides is 2. The molecule has 2 heterocycles. The van der Waals surface area contributed by atoms with Gasteiger partial charge in [-0.25, -0.2) is 0 Å². The van der Waals surface area contributed by atoms with Crippen LogP contribution in [0.25, 0.3) is 0 Å². The van der Waals surface area contributed by atoms with Crippen molar-refractivity contribution in [3.05, 3.63) is 60.2 Å². The fraction of sp³-hybridized carbons (Fsp3) is 0.400. The number of imide groups is 1. The number of allylic oxidation sites excluding steroid dienone is 2. The highest BCUT2D eigenvalue weighted by molar-refractivity contribution is 6.10. The Kier molecular flexibility index (Phi) is 4.06. The van der Waals surface area contributed by atoms with Crippen molar-refractivity contribution in [1.82, 2.24) is 9.80 Å². The highest BCUT2D eigenvalue weighted by Gasteiger charge is 2.61. The minimum absolute atomic E-state index is 0.128. The van der Waals surface area contributed by atoms with Crippen LogP contribution in [0.4, 0.5) is 0 Å². The molecule has 0 saturated carbocycles. The van der Waals surface area contributed by atoms with Gasteiger partial charge in [-0.2, -0.15) is 0 Å². The first-order chi connectivity index (χ1) is 12.1. The maximum Gasteiger partial charge on any atom is 0.241 e. The molecule has 4 rings (SSSR count). The van der Waals surface area contributed by atoms with E-state index in [9.17, 15) is 9.59 Å². The molecule has 0 N–H and O–H groups in total. The number of morpholine rings is 1. The number of hydrogen-bond acceptors (Lipinski definition) is 4. The van der Waals surface area contributed by atoms with Gasteiger partial charge < -0.3 is 4.74 Å². The third kappa shape index (κ3) is 2.46. The second-order valence-electron chi connectivity index (χ2n) is 6.90. The van der Waals surface area contributed by atoms with Crippen LogP contribution >= 0.6 is 0 Å². The molecule has 5 nitrogen and oxygen atoms in total. The summed E-state index contributed by atoms with van der Waals surface area (Å²) >= 11 is 0. The molecule has 25 heavy (non-hydrogen) atoms. The zero-order valence-electron chi connectivity index (χ0n) is 14.3. The van der Waals surface area contributed by atoms with Crippen LogP contribution in [0, 0.1) is 11.3 Å². The molecular formula is C20H22N2O3. The van der Waals surface area contributed by atoms with E-state index in [2.05, 4.69) is 17.0 Å². The van der Waals surface area contributed by atoms with E-state index >= 15 is 0 Å². The van der Waals surface area contributed by atoms with E-state index in [-0.39, 0.29) is 17.9 Å². The predicted octanol–water partition coefficient (Wildman–Crippen LogP) is 1.61. The van der Waals surface area contributed by atoms with Crippen molar-refractivity contribution in [3.63, 3.8) is 0 Å². The largest absolute Gasteiger partial charge is 0.378 e. The second kappa shape index (κ2) is 6.24. The van der Waals surface area contributed by atoms with Crippen molar-refractivity contribution in [2.75, 3.05) is 26.8 Å². The zero-order chi connectivity index (χ0) is 17.4. The first kappa shape index (κ1) is 16.2. The fourth-order valence-corrected chi connectivity index (χ4v) is 4.29. The van der Waals surface area contributed by atoms with Crippen LogP contribution in [-0.4, -0.2) is 54.5 Å². The van der Waals surface area contributed by atoms with Crippen molar-refractivity contribution in [2.45, 2.75) is 12.6 Å². The molecule has 2 aliphatic heterocycles. The van der Waals surface area contributed by atoms with Crippen molar-refractivity contribution in [1.29, 1.82) is 0 Å². The smallest absolute Gasteiger partial charge is 0.241 e. The summed E-state index contributed by atoms with van der Waals surface area (Å²) in [4.78, 5) is 29.3. The van der Waals surface area contributed by atoms with Crippen molar-refractivity contribution in [2.24, 2.45) is 11.3 Å². The third-order valence-electron chi connectivity index (χ3n) is 5.59.